The third kappa shape index (κ3) is 2.62. The average Bonchev–Trinajstić information content (AvgIpc) is 2.73. The molecule has 1 atom stereocenters. The monoisotopic (exact) mass is 343 g/mol. The van der Waals surface area contributed by atoms with Crippen molar-refractivity contribution in [1.82, 2.24) is 0 Å². The van der Waals surface area contributed by atoms with Gasteiger partial charge in [-0.2, -0.15) is 0 Å². The molecule has 0 saturated heterocycles. The number of anilines is 1. The molecule has 1 aliphatic rings. The number of halogens is 1. The highest BCUT2D eigenvalue weighted by molar-refractivity contribution is 9.10. The normalized spacial score (nSPS) is 17.2. The van der Waals surface area contributed by atoms with Crippen LogP contribution in [0.1, 0.15) is 29.5 Å². The van der Waals surface area contributed by atoms with E-state index in [4.69, 9.17) is 0 Å². The molecule has 0 N–H and O–H groups in total. The summed E-state index contributed by atoms with van der Waals surface area (Å²) < 4.78 is 1.03. The molecule has 2 aromatic carbocycles. The Bertz CT molecular complexity index is 678. The van der Waals surface area contributed by atoms with E-state index >= 15 is 0 Å². The summed E-state index contributed by atoms with van der Waals surface area (Å²) in [6.07, 6.45) is 0.763. The van der Waals surface area contributed by atoms with Crippen molar-refractivity contribution >= 4 is 27.5 Å². The van der Waals surface area contributed by atoms with Gasteiger partial charge in [0, 0.05) is 16.7 Å². The van der Waals surface area contributed by atoms with Gasteiger partial charge in [0.2, 0.25) is 5.91 Å². The second-order valence-corrected chi connectivity index (χ2v) is 6.44. The number of likely N-dealkylation sites (N-methyl/N-ethyl adjacent to an activating group) is 1. The van der Waals surface area contributed by atoms with E-state index in [9.17, 15) is 4.79 Å². The van der Waals surface area contributed by atoms with Gasteiger partial charge in [0.05, 0.1) is 5.92 Å². The van der Waals surface area contributed by atoms with Gasteiger partial charge in [-0.25, -0.2) is 0 Å². The number of amides is 1. The molecule has 2 aromatic rings. The van der Waals surface area contributed by atoms with Crippen molar-refractivity contribution in [3.8, 4) is 0 Å². The van der Waals surface area contributed by atoms with E-state index in [2.05, 4.69) is 53.2 Å². The average molecular weight is 344 g/mol. The zero-order chi connectivity index (χ0) is 15.0. The molecule has 3 rings (SSSR count). The van der Waals surface area contributed by atoms with Crippen molar-refractivity contribution in [1.29, 1.82) is 0 Å². The van der Waals surface area contributed by atoms with Gasteiger partial charge in [0.1, 0.15) is 0 Å². The fraction of sp³-hybridized carbons (Fsp3) is 0.278. The summed E-state index contributed by atoms with van der Waals surface area (Å²) in [6, 6.07) is 14.6. The van der Waals surface area contributed by atoms with Crippen LogP contribution in [-0.4, -0.2) is 12.5 Å². The number of hydrogen-bond donors (Lipinski definition) is 0. The van der Waals surface area contributed by atoms with Crippen LogP contribution in [0.3, 0.4) is 0 Å². The van der Waals surface area contributed by atoms with Gasteiger partial charge in [0.15, 0.2) is 0 Å². The van der Waals surface area contributed by atoms with Crippen molar-refractivity contribution in [3.63, 3.8) is 0 Å². The molecule has 1 heterocycles. The largest absolute Gasteiger partial charge is 0.312 e. The van der Waals surface area contributed by atoms with Crippen LogP contribution < -0.4 is 4.90 Å². The Hall–Kier alpha value is -1.61. The molecule has 0 aliphatic carbocycles. The Morgan fingerprint density at radius 1 is 1.14 bits per heavy atom. The summed E-state index contributed by atoms with van der Waals surface area (Å²) in [5.74, 6) is 0.145. The number of fused-ring (bicyclic) bond motifs is 1. The molecule has 0 spiro atoms. The molecule has 2 nitrogen and oxygen atoms in total. The van der Waals surface area contributed by atoms with Crippen LogP contribution in [0, 0.1) is 6.92 Å². The van der Waals surface area contributed by atoms with Crippen LogP contribution in [0.15, 0.2) is 46.9 Å². The maximum atomic E-state index is 12.7. The lowest BCUT2D eigenvalue weighted by Gasteiger charge is -2.15. The Kier molecular flexibility index (Phi) is 3.85. The standard InChI is InChI=1S/C18H18BrNO/c1-3-20-17-9-8-14(19)11-15(17)16(18(20)21)10-13-6-4-12(2)5-7-13/h4-9,11,16H,3,10H2,1-2H3/t16-/m0/s1. The molecule has 0 saturated carbocycles. The fourth-order valence-corrected chi connectivity index (χ4v) is 3.35. The van der Waals surface area contributed by atoms with Crippen molar-refractivity contribution in [2.45, 2.75) is 26.2 Å². The molecular formula is C18H18BrNO. The maximum Gasteiger partial charge on any atom is 0.234 e. The molecule has 21 heavy (non-hydrogen) atoms. The zero-order valence-corrected chi connectivity index (χ0v) is 13.9. The van der Waals surface area contributed by atoms with E-state index in [0.29, 0.717) is 0 Å². The quantitative estimate of drug-likeness (QED) is 0.806. The lowest BCUT2D eigenvalue weighted by atomic mass is 9.93. The predicted molar refractivity (Wildman–Crippen MR) is 89.8 cm³/mol. The number of carbonyl (C=O) groups excluding carboxylic acids is 1. The highest BCUT2D eigenvalue weighted by Gasteiger charge is 2.36. The van der Waals surface area contributed by atoms with E-state index in [1.165, 1.54) is 11.1 Å². The van der Waals surface area contributed by atoms with Crippen molar-refractivity contribution in [2.24, 2.45) is 0 Å². The van der Waals surface area contributed by atoms with Crippen molar-refractivity contribution in [2.75, 3.05) is 11.4 Å². The third-order valence-corrected chi connectivity index (χ3v) is 4.59. The molecule has 1 amide bonds. The summed E-state index contributed by atoms with van der Waals surface area (Å²) in [5.41, 5.74) is 4.65. The van der Waals surface area contributed by atoms with Crippen LogP contribution in [0.5, 0.6) is 0 Å². The molecule has 0 aromatic heterocycles. The Balaban J connectivity index is 1.97. The molecule has 0 bridgehead atoms. The third-order valence-electron chi connectivity index (χ3n) is 4.10. The highest BCUT2D eigenvalue weighted by atomic mass is 79.9. The number of aryl methyl sites for hydroxylation is 1. The molecule has 108 valence electrons. The van der Waals surface area contributed by atoms with Crippen LogP contribution in [0.4, 0.5) is 5.69 Å². The van der Waals surface area contributed by atoms with E-state index in [1.54, 1.807) is 0 Å². The first-order valence-corrected chi connectivity index (χ1v) is 8.06. The second kappa shape index (κ2) is 5.64. The van der Waals surface area contributed by atoms with E-state index in [0.717, 1.165) is 28.7 Å². The van der Waals surface area contributed by atoms with E-state index in [-0.39, 0.29) is 11.8 Å². The number of benzene rings is 2. The van der Waals surface area contributed by atoms with Gasteiger partial charge in [-0.05, 0) is 49.6 Å². The number of nitrogens with zero attached hydrogens (tertiary/aromatic N) is 1. The minimum absolute atomic E-state index is 0.0693. The first kappa shape index (κ1) is 14.3. The summed E-state index contributed by atoms with van der Waals surface area (Å²) in [4.78, 5) is 14.6. The van der Waals surface area contributed by atoms with Gasteiger partial charge in [-0.15, -0.1) is 0 Å². The molecule has 1 aliphatic heterocycles. The highest BCUT2D eigenvalue weighted by Crippen LogP contribution is 2.40. The van der Waals surface area contributed by atoms with Crippen molar-refractivity contribution < 1.29 is 4.79 Å². The number of carbonyl (C=O) groups is 1. The smallest absolute Gasteiger partial charge is 0.234 e. The SMILES string of the molecule is CCN1C(=O)[C@@H](Cc2ccc(C)cc2)c2cc(Br)ccc21. The predicted octanol–water partition coefficient (Wildman–Crippen LogP) is 4.45. The minimum Gasteiger partial charge on any atom is -0.312 e. The Morgan fingerprint density at radius 2 is 1.86 bits per heavy atom. The van der Waals surface area contributed by atoms with Crippen LogP contribution in [0.25, 0.3) is 0 Å². The van der Waals surface area contributed by atoms with Gasteiger partial charge in [-0.1, -0.05) is 45.8 Å². The number of hydrogen-bond acceptors (Lipinski definition) is 1. The van der Waals surface area contributed by atoms with Crippen LogP contribution in [0.2, 0.25) is 0 Å². The summed E-state index contributed by atoms with van der Waals surface area (Å²) >= 11 is 3.52. The van der Waals surface area contributed by atoms with Crippen LogP contribution >= 0.6 is 15.9 Å². The number of rotatable bonds is 3. The Labute approximate surface area is 133 Å². The maximum absolute atomic E-state index is 12.7. The molecule has 0 radical (unpaired) electrons. The second-order valence-electron chi connectivity index (χ2n) is 5.53. The van der Waals surface area contributed by atoms with Gasteiger partial charge in [-0.3, -0.25) is 4.79 Å². The molecule has 0 fully saturated rings. The summed E-state index contributed by atoms with van der Waals surface area (Å²) in [7, 11) is 0. The fourth-order valence-electron chi connectivity index (χ4n) is 2.97. The summed E-state index contributed by atoms with van der Waals surface area (Å²) in [6.45, 7) is 4.82. The van der Waals surface area contributed by atoms with E-state index in [1.807, 2.05) is 24.0 Å². The lowest BCUT2D eigenvalue weighted by molar-refractivity contribution is -0.119. The first-order chi connectivity index (χ1) is 10.1. The molecule has 0 unspecified atom stereocenters. The minimum atomic E-state index is -0.0693. The molecular weight excluding hydrogens is 326 g/mol. The topological polar surface area (TPSA) is 20.3 Å². The van der Waals surface area contributed by atoms with Gasteiger partial charge >= 0.3 is 0 Å². The van der Waals surface area contributed by atoms with Gasteiger partial charge < -0.3 is 4.90 Å². The lowest BCUT2D eigenvalue weighted by Crippen LogP contribution is -2.29. The first-order valence-electron chi connectivity index (χ1n) is 7.26. The molecule has 3 heteroatoms. The van der Waals surface area contributed by atoms with Crippen molar-refractivity contribution in [3.05, 3.63) is 63.6 Å². The van der Waals surface area contributed by atoms with Crippen LogP contribution in [-0.2, 0) is 11.2 Å². The van der Waals surface area contributed by atoms with E-state index < -0.39 is 0 Å². The Morgan fingerprint density at radius 3 is 2.52 bits per heavy atom. The summed E-state index contributed by atoms with van der Waals surface area (Å²) in [5, 5.41) is 0. The van der Waals surface area contributed by atoms with Gasteiger partial charge in [0.25, 0.3) is 0 Å². The zero-order valence-electron chi connectivity index (χ0n) is 12.3.